The van der Waals surface area contributed by atoms with Crippen molar-refractivity contribution in [3.8, 4) is 11.1 Å². The van der Waals surface area contributed by atoms with E-state index < -0.39 is 34.4 Å². The number of aromatic nitrogens is 3. The summed E-state index contributed by atoms with van der Waals surface area (Å²) in [6, 6.07) is 7.84. The summed E-state index contributed by atoms with van der Waals surface area (Å²) < 4.78 is 41.3. The molecule has 0 aliphatic carbocycles. The van der Waals surface area contributed by atoms with E-state index in [0.29, 0.717) is 0 Å². The first-order valence-corrected chi connectivity index (χ1v) is 10.5. The molecular formula is C22H21ClF3N5O. The van der Waals surface area contributed by atoms with Crippen LogP contribution in [0.4, 0.5) is 13.2 Å². The van der Waals surface area contributed by atoms with Crippen molar-refractivity contribution in [3.63, 3.8) is 0 Å². The normalized spacial score (nSPS) is 17.3. The maximum Gasteiger partial charge on any atom is 0.417 e. The number of alkyl halides is 3. The molecule has 2 N–H and O–H groups in total. The quantitative estimate of drug-likeness (QED) is 0.589. The summed E-state index contributed by atoms with van der Waals surface area (Å²) in [6.45, 7) is 0.794. The van der Waals surface area contributed by atoms with E-state index in [4.69, 9.17) is 11.6 Å². The molecule has 10 heteroatoms. The van der Waals surface area contributed by atoms with Crippen molar-refractivity contribution >= 4 is 17.5 Å². The second kappa shape index (κ2) is 8.91. The van der Waals surface area contributed by atoms with Gasteiger partial charge in [-0.15, -0.1) is 0 Å². The highest BCUT2D eigenvalue weighted by atomic mass is 35.5. The number of hydrogen-bond donors (Lipinski definition) is 2. The van der Waals surface area contributed by atoms with Crippen molar-refractivity contribution in [1.29, 1.82) is 0 Å². The predicted octanol–water partition coefficient (Wildman–Crippen LogP) is 4.38. The van der Waals surface area contributed by atoms with Gasteiger partial charge in [0.15, 0.2) is 0 Å². The minimum atomic E-state index is -4.68. The van der Waals surface area contributed by atoms with E-state index >= 15 is 0 Å². The summed E-state index contributed by atoms with van der Waals surface area (Å²) in [7, 11) is 1.82. The maximum absolute atomic E-state index is 13.2. The Kier molecular flexibility index (Phi) is 6.21. The molecule has 0 spiro atoms. The average molecular weight is 464 g/mol. The van der Waals surface area contributed by atoms with Crippen LogP contribution in [0, 0.1) is 0 Å². The zero-order chi connectivity index (χ0) is 22.9. The number of carbonyl (C=O) groups excluding carboxylic acids is 1. The van der Waals surface area contributed by atoms with Crippen LogP contribution in [0.15, 0.2) is 48.9 Å². The van der Waals surface area contributed by atoms with Gasteiger partial charge < -0.3 is 10.6 Å². The van der Waals surface area contributed by atoms with Gasteiger partial charge in [0.2, 0.25) is 0 Å². The van der Waals surface area contributed by atoms with Crippen LogP contribution in [0.3, 0.4) is 0 Å². The van der Waals surface area contributed by atoms with Crippen LogP contribution < -0.4 is 10.6 Å². The van der Waals surface area contributed by atoms with E-state index in [2.05, 4.69) is 20.7 Å². The summed E-state index contributed by atoms with van der Waals surface area (Å²) in [5, 5.41) is 9.70. The van der Waals surface area contributed by atoms with Gasteiger partial charge in [0.05, 0.1) is 22.8 Å². The molecule has 1 aliphatic heterocycles. The van der Waals surface area contributed by atoms with Crippen LogP contribution in [0.1, 0.15) is 40.5 Å². The van der Waals surface area contributed by atoms with Crippen LogP contribution in [-0.2, 0) is 13.2 Å². The van der Waals surface area contributed by atoms with E-state index in [1.807, 2.05) is 37.5 Å². The molecule has 1 amide bonds. The number of rotatable bonds is 5. The molecule has 0 unspecified atom stereocenters. The molecule has 2 aromatic heterocycles. The highest BCUT2D eigenvalue weighted by Crippen LogP contribution is 2.36. The van der Waals surface area contributed by atoms with Crippen LogP contribution >= 0.6 is 11.6 Å². The summed E-state index contributed by atoms with van der Waals surface area (Å²) in [6.07, 6.45) is 1.63. The first-order valence-electron chi connectivity index (χ1n) is 10.1. The minimum absolute atomic E-state index is 0.0762. The van der Waals surface area contributed by atoms with Crippen molar-refractivity contribution < 1.29 is 18.0 Å². The summed E-state index contributed by atoms with van der Waals surface area (Å²) in [5.41, 5.74) is 1.12. The number of carbonyl (C=O) groups is 1. The van der Waals surface area contributed by atoms with Crippen LogP contribution in [-0.4, -0.2) is 33.3 Å². The van der Waals surface area contributed by atoms with Gasteiger partial charge in [-0.1, -0.05) is 29.8 Å². The third-order valence-electron chi connectivity index (χ3n) is 5.48. The van der Waals surface area contributed by atoms with Crippen molar-refractivity contribution in [2.24, 2.45) is 7.05 Å². The van der Waals surface area contributed by atoms with E-state index in [1.54, 1.807) is 10.9 Å². The van der Waals surface area contributed by atoms with Gasteiger partial charge in [-0.25, -0.2) is 4.98 Å². The third kappa shape index (κ3) is 4.63. The number of nitrogens with one attached hydrogen (secondary N) is 2. The molecule has 1 fully saturated rings. The summed E-state index contributed by atoms with van der Waals surface area (Å²) in [5.74, 6) is -0.758. The zero-order valence-corrected chi connectivity index (χ0v) is 17.9. The fourth-order valence-corrected chi connectivity index (χ4v) is 4.23. The third-order valence-corrected chi connectivity index (χ3v) is 5.86. The SMILES string of the molecule is Cn1cc(-c2cccc([C@H](NC(=O)c3nccc(C(F)(F)F)c3Cl)[C@@H]3CCCN3)c2)cn1. The summed E-state index contributed by atoms with van der Waals surface area (Å²) >= 11 is 5.92. The highest BCUT2D eigenvalue weighted by Gasteiger charge is 2.36. The van der Waals surface area contributed by atoms with Crippen molar-refractivity contribution in [1.82, 2.24) is 25.4 Å². The highest BCUT2D eigenvalue weighted by molar-refractivity contribution is 6.34. The first-order chi connectivity index (χ1) is 15.2. The Hall–Kier alpha value is -2.91. The Labute approximate surface area is 187 Å². The Bertz CT molecular complexity index is 1120. The van der Waals surface area contributed by atoms with E-state index in [9.17, 15) is 18.0 Å². The topological polar surface area (TPSA) is 71.8 Å². The number of pyridine rings is 1. The molecule has 0 bridgehead atoms. The van der Waals surface area contributed by atoms with Crippen LogP contribution in [0.25, 0.3) is 11.1 Å². The average Bonchev–Trinajstić information content (AvgIpc) is 3.43. The molecule has 168 valence electrons. The smallest absolute Gasteiger partial charge is 0.342 e. The van der Waals surface area contributed by atoms with Gasteiger partial charge in [-0.3, -0.25) is 9.48 Å². The van der Waals surface area contributed by atoms with Crippen LogP contribution in [0.2, 0.25) is 5.02 Å². The molecule has 0 radical (unpaired) electrons. The van der Waals surface area contributed by atoms with Gasteiger partial charge in [-0.05, 0) is 42.6 Å². The van der Waals surface area contributed by atoms with Gasteiger partial charge >= 0.3 is 6.18 Å². The Morgan fingerprint density at radius 1 is 1.31 bits per heavy atom. The summed E-state index contributed by atoms with van der Waals surface area (Å²) in [4.78, 5) is 16.8. The largest absolute Gasteiger partial charge is 0.417 e. The van der Waals surface area contributed by atoms with Crippen LogP contribution in [0.5, 0.6) is 0 Å². The monoisotopic (exact) mass is 463 g/mol. The number of hydrogen-bond acceptors (Lipinski definition) is 4. The van der Waals surface area contributed by atoms with Gasteiger partial charge in [0.1, 0.15) is 5.69 Å². The second-order valence-electron chi connectivity index (χ2n) is 7.70. The van der Waals surface area contributed by atoms with Crippen molar-refractivity contribution in [2.45, 2.75) is 31.1 Å². The number of benzene rings is 1. The molecule has 32 heavy (non-hydrogen) atoms. The lowest BCUT2D eigenvalue weighted by atomic mass is 9.95. The second-order valence-corrected chi connectivity index (χ2v) is 8.08. The zero-order valence-electron chi connectivity index (χ0n) is 17.2. The lowest BCUT2D eigenvalue weighted by Crippen LogP contribution is -2.41. The van der Waals surface area contributed by atoms with Gasteiger partial charge in [0.25, 0.3) is 5.91 Å². The molecule has 3 aromatic rings. The lowest BCUT2D eigenvalue weighted by molar-refractivity contribution is -0.137. The van der Waals surface area contributed by atoms with Gasteiger partial charge in [0, 0.05) is 31.0 Å². The molecule has 1 saturated heterocycles. The Morgan fingerprint density at radius 2 is 2.12 bits per heavy atom. The molecule has 1 aromatic carbocycles. The molecule has 0 saturated carbocycles. The molecule has 2 atom stereocenters. The molecule has 4 rings (SSSR count). The van der Waals surface area contributed by atoms with Crippen molar-refractivity contribution in [3.05, 3.63) is 70.8 Å². The molecule has 6 nitrogen and oxygen atoms in total. The van der Waals surface area contributed by atoms with E-state index in [1.165, 1.54) is 0 Å². The molecule has 3 heterocycles. The van der Waals surface area contributed by atoms with E-state index in [0.717, 1.165) is 48.3 Å². The Balaban J connectivity index is 1.66. The number of amides is 1. The molecular weight excluding hydrogens is 443 g/mol. The molecule has 1 aliphatic rings. The fourth-order valence-electron chi connectivity index (χ4n) is 3.92. The fraction of sp³-hybridized carbons (Fsp3) is 0.318. The number of halogens is 4. The number of nitrogens with zero attached hydrogens (tertiary/aromatic N) is 3. The standard InChI is InChI=1S/C22H21ClF3N5O/c1-31-12-15(11-29-31)13-4-2-5-14(10-13)19(17-6-3-8-27-17)30-21(32)20-18(23)16(7-9-28-20)22(24,25)26/h2,4-5,7,9-12,17,19,27H,3,6,8H2,1H3,(H,30,32)/t17-,19-/m0/s1. The van der Waals surface area contributed by atoms with Crippen molar-refractivity contribution in [2.75, 3.05) is 6.54 Å². The lowest BCUT2D eigenvalue weighted by Gasteiger charge is -2.26. The predicted molar refractivity (Wildman–Crippen MR) is 114 cm³/mol. The minimum Gasteiger partial charge on any atom is -0.342 e. The first kappa shape index (κ1) is 22.3. The number of aryl methyl sites for hydroxylation is 1. The Morgan fingerprint density at radius 3 is 2.78 bits per heavy atom. The van der Waals surface area contributed by atoms with E-state index in [-0.39, 0.29) is 6.04 Å². The van der Waals surface area contributed by atoms with Gasteiger partial charge in [-0.2, -0.15) is 18.3 Å². The maximum atomic E-state index is 13.2.